The molecule has 0 aliphatic heterocycles. The molecule has 174 valence electrons. The van der Waals surface area contributed by atoms with E-state index in [1.165, 1.54) is 11.8 Å². The van der Waals surface area contributed by atoms with Gasteiger partial charge in [0.15, 0.2) is 0 Å². The lowest BCUT2D eigenvalue weighted by atomic mass is 10.1. The molecule has 0 radical (unpaired) electrons. The van der Waals surface area contributed by atoms with E-state index in [0.29, 0.717) is 23.0 Å². The highest BCUT2D eigenvalue weighted by Crippen LogP contribution is 2.25. The molecule has 8 heteroatoms. The van der Waals surface area contributed by atoms with Crippen LogP contribution in [-0.2, 0) is 21.9 Å². The van der Waals surface area contributed by atoms with E-state index in [4.69, 9.17) is 23.2 Å². The third-order valence-electron chi connectivity index (χ3n) is 5.13. The number of hydrogen-bond acceptors (Lipinski definition) is 3. The summed E-state index contributed by atoms with van der Waals surface area (Å²) < 4.78 is 1.02. The standard InChI is InChI=1S/C24H29BrCl2N2O2S/c1-4-16(3)28-24(31)22(5-2)29(13-18-8-11-20(26)21(27)12-18)23(30)15-32-14-17-6-9-19(25)10-7-17/h6-12,16,22H,4-5,13-15H2,1-3H3,(H,28,31)/t16-,22-/m0/s1. The number of carbonyl (C=O) groups is 2. The third kappa shape index (κ3) is 8.29. The van der Waals surface area contributed by atoms with Gasteiger partial charge in [0, 0.05) is 22.8 Å². The van der Waals surface area contributed by atoms with Crippen LogP contribution in [0.15, 0.2) is 46.9 Å². The first-order chi connectivity index (χ1) is 15.2. The molecule has 2 aromatic carbocycles. The second kappa shape index (κ2) is 13.5. The number of carbonyl (C=O) groups excluding carboxylic acids is 2. The second-order valence-electron chi connectivity index (χ2n) is 7.63. The van der Waals surface area contributed by atoms with E-state index >= 15 is 0 Å². The zero-order valence-corrected chi connectivity index (χ0v) is 22.5. The molecule has 0 saturated carbocycles. The first kappa shape index (κ1) is 27.0. The van der Waals surface area contributed by atoms with Crippen molar-refractivity contribution in [1.82, 2.24) is 10.2 Å². The number of benzene rings is 2. The molecule has 0 unspecified atom stereocenters. The van der Waals surface area contributed by atoms with Crippen molar-refractivity contribution < 1.29 is 9.59 Å². The molecule has 0 heterocycles. The van der Waals surface area contributed by atoms with Crippen LogP contribution < -0.4 is 5.32 Å². The van der Waals surface area contributed by atoms with Gasteiger partial charge < -0.3 is 10.2 Å². The van der Waals surface area contributed by atoms with Crippen LogP contribution in [0.3, 0.4) is 0 Å². The van der Waals surface area contributed by atoms with E-state index in [1.807, 2.05) is 51.1 Å². The molecule has 2 amide bonds. The lowest BCUT2D eigenvalue weighted by Gasteiger charge is -2.31. The van der Waals surface area contributed by atoms with Gasteiger partial charge in [0.25, 0.3) is 0 Å². The van der Waals surface area contributed by atoms with Gasteiger partial charge in [0.2, 0.25) is 11.8 Å². The van der Waals surface area contributed by atoms with E-state index in [-0.39, 0.29) is 23.6 Å². The zero-order chi connectivity index (χ0) is 23.7. The Morgan fingerprint density at radius 1 is 1.03 bits per heavy atom. The fraction of sp³-hybridized carbons (Fsp3) is 0.417. The molecule has 0 spiro atoms. The van der Waals surface area contributed by atoms with Crippen molar-refractivity contribution in [1.29, 1.82) is 0 Å². The molecule has 4 nitrogen and oxygen atoms in total. The lowest BCUT2D eigenvalue weighted by Crippen LogP contribution is -2.51. The number of hydrogen-bond donors (Lipinski definition) is 1. The molecule has 2 aromatic rings. The topological polar surface area (TPSA) is 49.4 Å². The molecule has 0 saturated heterocycles. The summed E-state index contributed by atoms with van der Waals surface area (Å²) in [6.45, 7) is 6.19. The minimum absolute atomic E-state index is 0.0465. The van der Waals surface area contributed by atoms with E-state index in [2.05, 4.69) is 21.2 Å². The maximum absolute atomic E-state index is 13.3. The van der Waals surface area contributed by atoms with Crippen LogP contribution >= 0.6 is 50.9 Å². The molecule has 32 heavy (non-hydrogen) atoms. The van der Waals surface area contributed by atoms with Gasteiger partial charge in [0.05, 0.1) is 15.8 Å². The van der Waals surface area contributed by atoms with Crippen molar-refractivity contribution in [3.8, 4) is 0 Å². The van der Waals surface area contributed by atoms with Crippen molar-refractivity contribution in [2.45, 2.75) is 58.0 Å². The van der Waals surface area contributed by atoms with Crippen LogP contribution in [0.25, 0.3) is 0 Å². The molecule has 0 fully saturated rings. The first-order valence-corrected chi connectivity index (χ1v) is 13.3. The maximum atomic E-state index is 13.3. The monoisotopic (exact) mass is 558 g/mol. The summed E-state index contributed by atoms with van der Waals surface area (Å²) in [6, 6.07) is 12.8. The average molecular weight is 560 g/mol. The molecule has 0 bridgehead atoms. The largest absolute Gasteiger partial charge is 0.352 e. The highest BCUT2D eigenvalue weighted by Gasteiger charge is 2.29. The van der Waals surface area contributed by atoms with E-state index in [9.17, 15) is 9.59 Å². The SMILES string of the molecule is CC[C@H](C)NC(=O)[C@H](CC)N(Cc1ccc(Cl)c(Cl)c1)C(=O)CSCc1ccc(Br)cc1. The Hall–Kier alpha value is -1.21. The molecule has 0 aliphatic carbocycles. The molecule has 2 atom stereocenters. The van der Waals surface area contributed by atoms with Crippen LogP contribution in [0.5, 0.6) is 0 Å². The Balaban J connectivity index is 2.16. The van der Waals surface area contributed by atoms with Crippen molar-refractivity contribution in [3.05, 3.63) is 68.1 Å². The fourth-order valence-corrected chi connectivity index (χ4v) is 4.57. The summed E-state index contributed by atoms with van der Waals surface area (Å²) in [4.78, 5) is 27.9. The van der Waals surface area contributed by atoms with Crippen molar-refractivity contribution >= 4 is 62.7 Å². The summed E-state index contributed by atoms with van der Waals surface area (Å²) in [5, 5.41) is 3.91. The molecule has 0 aromatic heterocycles. The smallest absolute Gasteiger partial charge is 0.243 e. The lowest BCUT2D eigenvalue weighted by molar-refractivity contribution is -0.139. The van der Waals surface area contributed by atoms with Gasteiger partial charge in [-0.3, -0.25) is 9.59 Å². The van der Waals surface area contributed by atoms with Gasteiger partial charge in [-0.25, -0.2) is 0 Å². The Kier molecular flexibility index (Phi) is 11.4. The number of rotatable bonds is 11. The van der Waals surface area contributed by atoms with Crippen LogP contribution in [0.4, 0.5) is 0 Å². The summed E-state index contributed by atoms with van der Waals surface area (Å²) in [6.07, 6.45) is 1.35. The summed E-state index contributed by atoms with van der Waals surface area (Å²) in [5.41, 5.74) is 1.98. The average Bonchev–Trinajstić information content (AvgIpc) is 2.77. The van der Waals surface area contributed by atoms with Crippen molar-refractivity contribution in [2.75, 3.05) is 5.75 Å². The number of nitrogens with zero attached hydrogens (tertiary/aromatic N) is 1. The van der Waals surface area contributed by atoms with Gasteiger partial charge in [0.1, 0.15) is 6.04 Å². The van der Waals surface area contributed by atoms with Gasteiger partial charge >= 0.3 is 0 Å². The molecular weight excluding hydrogens is 531 g/mol. The molecule has 2 rings (SSSR count). The zero-order valence-electron chi connectivity index (χ0n) is 18.5. The molecule has 0 aliphatic rings. The van der Waals surface area contributed by atoms with Crippen LogP contribution in [0.1, 0.15) is 44.7 Å². The Bertz CT molecular complexity index is 911. The number of halogens is 3. The van der Waals surface area contributed by atoms with E-state index in [0.717, 1.165) is 27.8 Å². The predicted molar refractivity (Wildman–Crippen MR) is 139 cm³/mol. The van der Waals surface area contributed by atoms with E-state index in [1.54, 1.807) is 17.0 Å². The van der Waals surface area contributed by atoms with Gasteiger partial charge in [-0.2, -0.15) is 0 Å². The first-order valence-electron chi connectivity index (χ1n) is 10.6. The van der Waals surface area contributed by atoms with Gasteiger partial charge in [-0.1, -0.05) is 71.2 Å². The predicted octanol–water partition coefficient (Wildman–Crippen LogP) is 6.71. The maximum Gasteiger partial charge on any atom is 0.243 e. The van der Waals surface area contributed by atoms with E-state index < -0.39 is 6.04 Å². The Labute approximate surface area is 213 Å². The highest BCUT2D eigenvalue weighted by molar-refractivity contribution is 9.10. The van der Waals surface area contributed by atoms with Crippen LogP contribution in [0, 0.1) is 0 Å². The normalized spacial score (nSPS) is 12.8. The highest BCUT2D eigenvalue weighted by atomic mass is 79.9. The fourth-order valence-electron chi connectivity index (χ4n) is 3.12. The Morgan fingerprint density at radius 3 is 2.28 bits per heavy atom. The number of amides is 2. The summed E-state index contributed by atoms with van der Waals surface area (Å²) in [7, 11) is 0. The summed E-state index contributed by atoms with van der Waals surface area (Å²) >= 11 is 17.2. The van der Waals surface area contributed by atoms with Crippen molar-refractivity contribution in [3.63, 3.8) is 0 Å². The van der Waals surface area contributed by atoms with Crippen molar-refractivity contribution in [2.24, 2.45) is 0 Å². The number of nitrogens with one attached hydrogen (secondary N) is 1. The van der Waals surface area contributed by atoms with Gasteiger partial charge in [-0.15, -0.1) is 11.8 Å². The van der Waals surface area contributed by atoms with Crippen LogP contribution in [0.2, 0.25) is 10.0 Å². The second-order valence-corrected chi connectivity index (χ2v) is 10.3. The van der Waals surface area contributed by atoms with Gasteiger partial charge in [-0.05, 0) is 55.2 Å². The molecular formula is C24H29BrCl2N2O2S. The Morgan fingerprint density at radius 2 is 1.69 bits per heavy atom. The summed E-state index contributed by atoms with van der Waals surface area (Å²) in [5.74, 6) is 0.789. The van der Waals surface area contributed by atoms with Crippen LogP contribution in [-0.4, -0.2) is 34.6 Å². The minimum atomic E-state index is -0.556. The third-order valence-corrected chi connectivity index (χ3v) is 7.39. The number of thioether (sulfide) groups is 1. The minimum Gasteiger partial charge on any atom is -0.352 e. The molecule has 1 N–H and O–H groups in total. The quantitative estimate of drug-likeness (QED) is 0.333.